The van der Waals surface area contributed by atoms with Crippen LogP contribution in [0.25, 0.3) is 0 Å². The lowest BCUT2D eigenvalue weighted by molar-refractivity contribution is -0.169. The van der Waals surface area contributed by atoms with E-state index in [-0.39, 0.29) is 6.61 Å². The molecule has 0 heterocycles. The molecule has 0 aliphatic carbocycles. The van der Waals surface area contributed by atoms with Crippen molar-refractivity contribution >= 4 is 11.9 Å². The fourth-order valence-electron chi connectivity index (χ4n) is 1.76. The summed E-state index contributed by atoms with van der Waals surface area (Å²) in [6.07, 6.45) is 4.63. The van der Waals surface area contributed by atoms with Crippen LogP contribution in [0.1, 0.15) is 58.3 Å². The Labute approximate surface area is 145 Å². The number of aliphatic carboxylic acids is 1. The van der Waals surface area contributed by atoms with E-state index in [0.29, 0.717) is 6.42 Å². The molecule has 0 spiro atoms. The van der Waals surface area contributed by atoms with Crippen molar-refractivity contribution < 1.29 is 29.6 Å². The Morgan fingerprint density at radius 1 is 0.833 bits per heavy atom. The third kappa shape index (κ3) is 16.7. The number of hydrogen-bond donors (Lipinski definition) is 3. The second kappa shape index (κ2) is 21.3. The monoisotopic (exact) mass is 346 g/mol. The van der Waals surface area contributed by atoms with Crippen molar-refractivity contribution in [2.75, 3.05) is 6.61 Å². The van der Waals surface area contributed by atoms with Crippen LogP contribution in [0.4, 0.5) is 0 Å². The first-order chi connectivity index (χ1) is 11.5. The zero-order chi connectivity index (χ0) is 19.4. The van der Waals surface area contributed by atoms with Gasteiger partial charge in [-0.15, -0.1) is 26.3 Å². The van der Waals surface area contributed by atoms with E-state index in [1.54, 1.807) is 0 Å². The fraction of sp³-hybridized carbons (Fsp3) is 0.667. The summed E-state index contributed by atoms with van der Waals surface area (Å²) < 4.78 is 4.71. The standard InChI is InChI=1S/C14H26O6.2C2H4/c1-2-3-4-5-6-7-8-9-10-20-14(19)12(16)11(15)13(17)18;2*1-2/h11-12,15-16H,2-10H2,1H3,(H,17,18);2*1-2H2. The highest BCUT2D eigenvalue weighted by atomic mass is 16.5. The molecule has 2 unspecified atom stereocenters. The fourth-order valence-corrected chi connectivity index (χ4v) is 1.76. The number of hydrogen-bond acceptors (Lipinski definition) is 5. The van der Waals surface area contributed by atoms with Crippen LogP contribution in [-0.4, -0.2) is 46.1 Å². The van der Waals surface area contributed by atoms with E-state index in [1.807, 2.05) is 0 Å². The molecule has 0 aliphatic heterocycles. The Hall–Kier alpha value is -1.66. The number of ether oxygens (including phenoxy) is 1. The van der Waals surface area contributed by atoms with Crippen LogP contribution in [0.2, 0.25) is 0 Å². The number of esters is 1. The Balaban J connectivity index is -0.00000102. The number of carboxylic acids is 1. The highest BCUT2D eigenvalue weighted by Gasteiger charge is 2.31. The minimum absolute atomic E-state index is 0.136. The van der Waals surface area contributed by atoms with E-state index in [4.69, 9.17) is 14.9 Å². The predicted molar refractivity (Wildman–Crippen MR) is 95.7 cm³/mol. The average molecular weight is 346 g/mol. The maximum Gasteiger partial charge on any atom is 0.338 e. The first-order valence-electron chi connectivity index (χ1n) is 8.26. The SMILES string of the molecule is C=C.C=C.CCCCCCCCCCOC(=O)C(O)C(O)C(=O)O. The molecule has 0 aromatic rings. The van der Waals surface area contributed by atoms with Gasteiger partial charge in [0.25, 0.3) is 0 Å². The van der Waals surface area contributed by atoms with Gasteiger partial charge in [-0.25, -0.2) is 9.59 Å². The minimum Gasteiger partial charge on any atom is -0.479 e. The smallest absolute Gasteiger partial charge is 0.338 e. The van der Waals surface area contributed by atoms with Gasteiger partial charge >= 0.3 is 11.9 Å². The molecule has 0 saturated carbocycles. The largest absolute Gasteiger partial charge is 0.479 e. The summed E-state index contributed by atoms with van der Waals surface area (Å²) in [7, 11) is 0. The zero-order valence-electron chi connectivity index (χ0n) is 14.9. The number of carboxylic acid groups (broad SMARTS) is 1. The van der Waals surface area contributed by atoms with Gasteiger partial charge < -0.3 is 20.1 Å². The van der Waals surface area contributed by atoms with Crippen molar-refractivity contribution in [3.8, 4) is 0 Å². The Morgan fingerprint density at radius 2 is 1.25 bits per heavy atom. The Kier molecular flexibility index (Phi) is 24.2. The second-order valence-corrected chi connectivity index (χ2v) is 4.87. The predicted octanol–water partition coefficient (Wildman–Crippen LogP) is 3.08. The van der Waals surface area contributed by atoms with E-state index in [1.165, 1.54) is 25.7 Å². The molecule has 0 aromatic carbocycles. The summed E-state index contributed by atoms with van der Waals surface area (Å²) in [5, 5.41) is 26.5. The Morgan fingerprint density at radius 3 is 1.67 bits per heavy atom. The first-order valence-corrected chi connectivity index (χ1v) is 8.26. The molecule has 0 rings (SSSR count). The number of aliphatic hydroxyl groups is 2. The number of unbranched alkanes of at least 4 members (excludes halogenated alkanes) is 7. The summed E-state index contributed by atoms with van der Waals surface area (Å²) in [6, 6.07) is 0. The molecule has 0 saturated heterocycles. The number of carbonyl (C=O) groups is 2. The molecular formula is C18H34O6. The van der Waals surface area contributed by atoms with Gasteiger partial charge in [0.1, 0.15) is 0 Å². The van der Waals surface area contributed by atoms with Gasteiger partial charge in [0.2, 0.25) is 0 Å². The third-order valence-electron chi connectivity index (χ3n) is 3.04. The van der Waals surface area contributed by atoms with Crippen LogP contribution in [-0.2, 0) is 14.3 Å². The lowest BCUT2D eigenvalue weighted by atomic mass is 10.1. The molecule has 3 N–H and O–H groups in total. The maximum absolute atomic E-state index is 11.2. The lowest BCUT2D eigenvalue weighted by Crippen LogP contribution is -2.40. The van der Waals surface area contributed by atoms with Gasteiger partial charge in [0, 0.05) is 0 Å². The topological polar surface area (TPSA) is 104 Å². The molecule has 0 aromatic heterocycles. The molecule has 142 valence electrons. The van der Waals surface area contributed by atoms with Crippen LogP contribution >= 0.6 is 0 Å². The average Bonchev–Trinajstić information content (AvgIpc) is 2.62. The highest BCUT2D eigenvalue weighted by molar-refractivity contribution is 5.84. The molecule has 0 radical (unpaired) electrons. The van der Waals surface area contributed by atoms with Crippen molar-refractivity contribution in [2.45, 2.75) is 70.5 Å². The number of aliphatic hydroxyl groups excluding tert-OH is 2. The summed E-state index contributed by atoms with van der Waals surface area (Å²) >= 11 is 0. The quantitative estimate of drug-likeness (QED) is 0.285. The number of rotatable bonds is 12. The molecular weight excluding hydrogens is 312 g/mol. The van der Waals surface area contributed by atoms with Crippen LogP contribution < -0.4 is 0 Å². The van der Waals surface area contributed by atoms with Gasteiger partial charge in [-0.1, -0.05) is 51.9 Å². The molecule has 24 heavy (non-hydrogen) atoms. The van der Waals surface area contributed by atoms with Crippen molar-refractivity contribution in [3.05, 3.63) is 26.3 Å². The van der Waals surface area contributed by atoms with Gasteiger partial charge in [0.15, 0.2) is 12.2 Å². The molecule has 0 fully saturated rings. The summed E-state index contributed by atoms with van der Waals surface area (Å²) in [5.41, 5.74) is 0. The minimum atomic E-state index is -2.14. The Bertz CT molecular complexity index is 304. The molecule has 6 nitrogen and oxygen atoms in total. The van der Waals surface area contributed by atoms with E-state index in [0.717, 1.165) is 19.3 Å². The van der Waals surface area contributed by atoms with Crippen molar-refractivity contribution in [3.63, 3.8) is 0 Å². The van der Waals surface area contributed by atoms with E-state index in [2.05, 4.69) is 33.2 Å². The summed E-state index contributed by atoms with van der Waals surface area (Å²) in [6.45, 7) is 14.3. The first kappa shape index (κ1) is 27.2. The van der Waals surface area contributed by atoms with Crippen molar-refractivity contribution in [1.29, 1.82) is 0 Å². The molecule has 0 aliphatic rings. The maximum atomic E-state index is 11.2. The van der Waals surface area contributed by atoms with Gasteiger partial charge in [-0.2, -0.15) is 0 Å². The zero-order valence-corrected chi connectivity index (χ0v) is 14.9. The third-order valence-corrected chi connectivity index (χ3v) is 3.04. The molecule has 6 heteroatoms. The van der Waals surface area contributed by atoms with Crippen LogP contribution in [0, 0.1) is 0 Å². The van der Waals surface area contributed by atoms with Gasteiger partial charge in [0.05, 0.1) is 6.61 Å². The van der Waals surface area contributed by atoms with E-state index >= 15 is 0 Å². The van der Waals surface area contributed by atoms with Crippen molar-refractivity contribution in [2.24, 2.45) is 0 Å². The van der Waals surface area contributed by atoms with Gasteiger partial charge in [-0.05, 0) is 6.42 Å². The summed E-state index contributed by atoms with van der Waals surface area (Å²) in [5.74, 6) is -2.75. The van der Waals surface area contributed by atoms with E-state index in [9.17, 15) is 14.7 Å². The van der Waals surface area contributed by atoms with Crippen LogP contribution in [0.5, 0.6) is 0 Å². The van der Waals surface area contributed by atoms with Gasteiger partial charge in [-0.3, -0.25) is 0 Å². The second-order valence-electron chi connectivity index (χ2n) is 4.87. The normalized spacial score (nSPS) is 11.8. The summed E-state index contributed by atoms with van der Waals surface area (Å²) in [4.78, 5) is 21.6. The van der Waals surface area contributed by atoms with E-state index < -0.39 is 24.1 Å². The highest BCUT2D eigenvalue weighted by Crippen LogP contribution is 2.08. The molecule has 2 atom stereocenters. The molecule has 0 amide bonds. The van der Waals surface area contributed by atoms with Crippen LogP contribution in [0.3, 0.4) is 0 Å². The lowest BCUT2D eigenvalue weighted by Gasteiger charge is -2.13. The van der Waals surface area contributed by atoms with Crippen LogP contribution in [0.15, 0.2) is 26.3 Å². The number of carbonyl (C=O) groups excluding carboxylic acids is 1. The van der Waals surface area contributed by atoms with Crippen molar-refractivity contribution in [1.82, 2.24) is 0 Å². The molecule has 0 bridgehead atoms.